The Balaban J connectivity index is 0.710. The number of imide groups is 1. The topological polar surface area (TPSA) is 177 Å². The van der Waals surface area contributed by atoms with Crippen molar-refractivity contribution in [2.45, 2.75) is 44.7 Å². The number of aromatic nitrogens is 2. The van der Waals surface area contributed by atoms with E-state index in [9.17, 15) is 32.0 Å². The van der Waals surface area contributed by atoms with Crippen LogP contribution < -0.4 is 24.6 Å². The summed E-state index contributed by atoms with van der Waals surface area (Å²) in [5.41, 5.74) is 3.04. The number of Topliss-reactive ketones (excluding diaryl/α,β-unsaturated/α-hetero) is 1. The quantitative estimate of drug-likeness (QED) is 0.0865. The number of halogens is 3. The van der Waals surface area contributed by atoms with E-state index < -0.39 is 56.9 Å². The van der Waals surface area contributed by atoms with Gasteiger partial charge < -0.3 is 24.4 Å². The van der Waals surface area contributed by atoms with Crippen molar-refractivity contribution < 1.29 is 45.5 Å². The monoisotopic (exact) mass is 952 g/mol. The minimum atomic E-state index is -4.36. The molecule has 15 nitrogen and oxygen atoms in total. The average Bonchev–Trinajstić information content (AvgIpc) is 3.95. The molecule has 5 fully saturated rings. The number of hydrogen-bond acceptors (Lipinski definition) is 11. The summed E-state index contributed by atoms with van der Waals surface area (Å²) in [6.45, 7) is 6.42. The molecule has 2 aromatic heterocycles. The van der Waals surface area contributed by atoms with E-state index in [1.54, 1.807) is 25.4 Å². The molecular formula is C49H51F3N8O7S. The fourth-order valence-corrected chi connectivity index (χ4v) is 11.9. The molecule has 0 bridgehead atoms. The van der Waals surface area contributed by atoms with Crippen LogP contribution in [-0.2, 0) is 19.8 Å². The number of benzene rings is 3. The predicted octanol–water partition coefficient (Wildman–Crippen LogP) is 6.11. The molecule has 10 rings (SSSR count). The van der Waals surface area contributed by atoms with Crippen LogP contribution in [0.5, 0.6) is 5.75 Å². The minimum Gasteiger partial charge on any atom is -0.496 e. The average molecular weight is 953 g/mol. The summed E-state index contributed by atoms with van der Waals surface area (Å²) >= 11 is 0. The van der Waals surface area contributed by atoms with Crippen LogP contribution in [0.3, 0.4) is 0 Å². The molecule has 5 aliphatic rings. The number of fused-ring (bicyclic) bond motifs is 1. The molecule has 5 aromatic rings. The van der Waals surface area contributed by atoms with E-state index in [-0.39, 0.29) is 55.0 Å². The third-order valence-corrected chi connectivity index (χ3v) is 15.8. The van der Waals surface area contributed by atoms with Crippen LogP contribution in [0, 0.1) is 28.9 Å². The van der Waals surface area contributed by atoms with Crippen LogP contribution in [-0.4, -0.2) is 123 Å². The molecule has 3 aromatic carbocycles. The van der Waals surface area contributed by atoms with Gasteiger partial charge >= 0.3 is 10.2 Å². The summed E-state index contributed by atoms with van der Waals surface area (Å²) in [5, 5.41) is 2.66. The second-order valence-electron chi connectivity index (χ2n) is 18.9. The summed E-state index contributed by atoms with van der Waals surface area (Å²) in [5.74, 6) is -3.86. The van der Waals surface area contributed by atoms with E-state index in [0.717, 1.165) is 92.0 Å². The maximum Gasteiger partial charge on any atom is 0.301 e. The van der Waals surface area contributed by atoms with Crippen molar-refractivity contribution in [1.82, 2.24) is 24.5 Å². The lowest BCUT2D eigenvalue weighted by Crippen LogP contribution is -2.72. The molecule has 7 heterocycles. The van der Waals surface area contributed by atoms with E-state index in [1.807, 2.05) is 29.0 Å². The van der Waals surface area contributed by atoms with Gasteiger partial charge in [0.2, 0.25) is 17.6 Å². The Morgan fingerprint density at radius 2 is 1.63 bits per heavy atom. The molecule has 5 saturated heterocycles. The smallest absolute Gasteiger partial charge is 0.301 e. The Hall–Kier alpha value is -6.31. The highest BCUT2D eigenvalue weighted by Crippen LogP contribution is 2.44. The molecule has 1 unspecified atom stereocenters. The third-order valence-electron chi connectivity index (χ3n) is 14.3. The fourth-order valence-electron chi connectivity index (χ4n) is 10.6. The van der Waals surface area contributed by atoms with Gasteiger partial charge in [-0.05, 0) is 79.6 Å². The molecule has 0 radical (unpaired) electrons. The van der Waals surface area contributed by atoms with Crippen molar-refractivity contribution >= 4 is 61.7 Å². The van der Waals surface area contributed by atoms with E-state index in [2.05, 4.69) is 42.1 Å². The van der Waals surface area contributed by atoms with Crippen LogP contribution >= 0.6 is 0 Å². The van der Waals surface area contributed by atoms with E-state index >= 15 is 8.78 Å². The number of carbonyl (C=O) groups excluding carboxylic acids is 4. The van der Waals surface area contributed by atoms with Gasteiger partial charge in [0, 0.05) is 129 Å². The number of anilines is 3. The van der Waals surface area contributed by atoms with Gasteiger partial charge in [-0.25, -0.2) is 18.2 Å². The van der Waals surface area contributed by atoms with Gasteiger partial charge in [0.1, 0.15) is 23.4 Å². The van der Waals surface area contributed by atoms with Crippen LogP contribution in [0.1, 0.15) is 64.8 Å². The number of pyridine rings is 1. The molecule has 68 heavy (non-hydrogen) atoms. The summed E-state index contributed by atoms with van der Waals surface area (Å²) in [6, 6.07) is 17.1. The fraction of sp³-hybridized carbons (Fsp3) is 0.408. The second-order valence-corrected chi connectivity index (χ2v) is 20.6. The van der Waals surface area contributed by atoms with Gasteiger partial charge in [-0.2, -0.15) is 12.7 Å². The normalized spacial score (nSPS) is 21.2. The molecule has 3 N–H and O–H groups in total. The molecule has 1 spiro atoms. The second kappa shape index (κ2) is 18.0. The van der Waals surface area contributed by atoms with Gasteiger partial charge in [-0.1, -0.05) is 12.1 Å². The Kier molecular flexibility index (Phi) is 12.0. The van der Waals surface area contributed by atoms with Crippen LogP contribution in [0.25, 0.3) is 22.2 Å². The standard InChI is InChI=1S/C49H51F3N8O7S/c1-67-42-20-35(7-8-36(42)41(61)19-31-4-11-43(62)55-48(31)64)59-27-49(28-59)25-57(26-49)23-29-12-15-58(16-13-29)34-5-2-30(3-6-34)32-18-37-38(22-54-47(37)53-21-32)46(63)44-39(51)9-10-40(45(44)52)56-68(65,66)60-17-14-33(50)24-60/h2-3,5-10,18,20-22,29,31,33,56H,4,11-17,19,23-28H2,1H3,(H,53,54)(H,55,62,64)/t31?,33-/m1/s1. The lowest BCUT2D eigenvalue weighted by atomic mass is 9.72. The summed E-state index contributed by atoms with van der Waals surface area (Å²) < 4.78 is 78.8. The number of hydrogen-bond donors (Lipinski definition) is 3. The molecule has 0 saturated carbocycles. The van der Waals surface area contributed by atoms with Crippen molar-refractivity contribution in [2.75, 3.05) is 80.5 Å². The number of carbonyl (C=O) groups is 4. The number of methoxy groups -OCH3 is 1. The number of ether oxygens (including phenoxy) is 1. The highest BCUT2D eigenvalue weighted by molar-refractivity contribution is 7.90. The van der Waals surface area contributed by atoms with Crippen LogP contribution in [0.2, 0.25) is 0 Å². The summed E-state index contributed by atoms with van der Waals surface area (Å²) in [6.07, 6.45) is 4.41. The van der Waals surface area contributed by atoms with E-state index in [0.29, 0.717) is 40.2 Å². The van der Waals surface area contributed by atoms with Gasteiger partial charge in [-0.15, -0.1) is 0 Å². The first kappa shape index (κ1) is 45.5. The first-order valence-corrected chi connectivity index (χ1v) is 24.4. The molecular weight excluding hydrogens is 902 g/mol. The zero-order valence-corrected chi connectivity index (χ0v) is 38.2. The SMILES string of the molecule is COc1cc(N2CC3(CN(CC4CCN(c5ccc(-c6cnc7[nH]cc(C(=O)c8c(F)ccc(NS(=O)(=O)N9CC[C@@H](F)C9)c8F)c7c6)cc5)CC4)C3)C2)ccc1C(=O)CC1CCC(=O)NC1=O. The number of rotatable bonds is 14. The highest BCUT2D eigenvalue weighted by atomic mass is 32.2. The number of aromatic amines is 1. The molecule has 2 amide bonds. The molecule has 5 aliphatic heterocycles. The number of nitrogens with zero attached hydrogens (tertiary/aromatic N) is 5. The lowest BCUT2D eigenvalue weighted by molar-refractivity contribution is -0.136. The van der Waals surface area contributed by atoms with Crippen LogP contribution in [0.4, 0.5) is 30.2 Å². The summed E-state index contributed by atoms with van der Waals surface area (Å²) in [7, 11) is -2.81. The zero-order chi connectivity index (χ0) is 47.5. The van der Waals surface area contributed by atoms with Crippen LogP contribution in [0.15, 0.2) is 73.1 Å². The number of amides is 2. The van der Waals surface area contributed by atoms with E-state index in [1.165, 1.54) is 6.20 Å². The van der Waals surface area contributed by atoms with Crippen molar-refractivity contribution in [3.63, 3.8) is 0 Å². The predicted molar refractivity (Wildman–Crippen MR) is 249 cm³/mol. The van der Waals surface area contributed by atoms with Gasteiger partial charge in [-0.3, -0.25) is 29.2 Å². The first-order valence-electron chi connectivity index (χ1n) is 23.0. The maximum absolute atomic E-state index is 15.8. The highest BCUT2D eigenvalue weighted by Gasteiger charge is 2.52. The number of nitrogens with one attached hydrogen (secondary N) is 3. The molecule has 2 atom stereocenters. The Morgan fingerprint density at radius 1 is 0.882 bits per heavy atom. The van der Waals surface area contributed by atoms with E-state index in [4.69, 9.17) is 4.74 Å². The Labute approximate surface area is 391 Å². The van der Waals surface area contributed by atoms with Crippen molar-refractivity contribution in [3.05, 3.63) is 101 Å². The first-order chi connectivity index (χ1) is 32.7. The number of likely N-dealkylation sites (tertiary alicyclic amines) is 1. The van der Waals surface area contributed by atoms with Crippen molar-refractivity contribution in [1.29, 1.82) is 0 Å². The van der Waals surface area contributed by atoms with Gasteiger partial charge in [0.25, 0.3) is 0 Å². The molecule has 0 aliphatic carbocycles. The van der Waals surface area contributed by atoms with Crippen molar-refractivity contribution in [2.24, 2.45) is 17.3 Å². The van der Waals surface area contributed by atoms with Gasteiger partial charge in [0.05, 0.1) is 23.9 Å². The molecule has 356 valence electrons. The van der Waals surface area contributed by atoms with Crippen molar-refractivity contribution in [3.8, 4) is 16.9 Å². The number of piperidine rings is 2. The summed E-state index contributed by atoms with van der Waals surface area (Å²) in [4.78, 5) is 65.3. The Morgan fingerprint density at radius 3 is 2.34 bits per heavy atom. The Bertz CT molecular complexity index is 2930. The number of H-pyrrole nitrogens is 1. The molecule has 19 heteroatoms. The third kappa shape index (κ3) is 8.82. The minimum absolute atomic E-state index is 0.00364. The largest absolute Gasteiger partial charge is 0.496 e. The number of ketones is 2. The maximum atomic E-state index is 15.8. The lowest BCUT2D eigenvalue weighted by Gasteiger charge is -2.61. The zero-order valence-electron chi connectivity index (χ0n) is 37.4. The number of alkyl halides is 1. The van der Waals surface area contributed by atoms with Gasteiger partial charge in [0.15, 0.2) is 11.6 Å².